The molecule has 0 atom stereocenters. The monoisotopic (exact) mass is 308 g/mol. The van der Waals surface area contributed by atoms with Gasteiger partial charge in [0.25, 0.3) is 0 Å². The molecule has 0 amide bonds. The Kier molecular flexibility index (Phi) is 4.77. The summed E-state index contributed by atoms with van der Waals surface area (Å²) >= 11 is 6.73. The van der Waals surface area contributed by atoms with E-state index in [9.17, 15) is 0 Å². The Morgan fingerprint density at radius 2 is 2.08 bits per heavy atom. The second kappa shape index (κ2) is 5.62. The van der Waals surface area contributed by atoms with Gasteiger partial charge in [-0.15, -0.1) is 0 Å². The minimum atomic E-state index is 0.158. The van der Waals surface area contributed by atoms with Crippen molar-refractivity contribution in [2.24, 2.45) is 0 Å². The van der Waals surface area contributed by atoms with Crippen molar-refractivity contribution in [3.05, 3.63) is 27.1 Å². The van der Waals surface area contributed by atoms with Crippen LogP contribution in [0.1, 0.15) is 6.42 Å². The maximum absolute atomic E-state index is 8.57. The van der Waals surface area contributed by atoms with Gasteiger partial charge in [-0.05, 0) is 34.1 Å². The molecule has 13 heavy (non-hydrogen) atoms. The smallest absolute Gasteiger partial charge is 0.134 e. The summed E-state index contributed by atoms with van der Waals surface area (Å²) < 4.78 is 7.33. The SMILES string of the molecule is OCCCOc1cc(Br)ccc1Br. The van der Waals surface area contributed by atoms with Crippen LogP contribution in [0.15, 0.2) is 27.1 Å². The highest BCUT2D eigenvalue weighted by Crippen LogP contribution is 2.28. The first kappa shape index (κ1) is 11.0. The maximum Gasteiger partial charge on any atom is 0.134 e. The highest BCUT2D eigenvalue weighted by Gasteiger charge is 2.00. The van der Waals surface area contributed by atoms with Crippen LogP contribution >= 0.6 is 31.9 Å². The van der Waals surface area contributed by atoms with E-state index in [-0.39, 0.29) is 6.61 Å². The third-order valence-electron chi connectivity index (χ3n) is 1.45. The quantitative estimate of drug-likeness (QED) is 0.867. The average Bonchev–Trinajstić information content (AvgIpc) is 2.11. The van der Waals surface area contributed by atoms with E-state index in [2.05, 4.69) is 31.9 Å². The summed E-state index contributed by atoms with van der Waals surface area (Å²) in [6, 6.07) is 5.74. The summed E-state index contributed by atoms with van der Waals surface area (Å²) in [5.41, 5.74) is 0. The van der Waals surface area contributed by atoms with Gasteiger partial charge in [0, 0.05) is 17.5 Å². The van der Waals surface area contributed by atoms with Crippen molar-refractivity contribution in [2.75, 3.05) is 13.2 Å². The van der Waals surface area contributed by atoms with E-state index in [1.54, 1.807) is 0 Å². The average molecular weight is 310 g/mol. The molecule has 0 saturated heterocycles. The molecule has 0 heterocycles. The molecule has 1 rings (SSSR count). The molecule has 0 aromatic heterocycles. The molecule has 0 aliphatic heterocycles. The first-order chi connectivity index (χ1) is 6.24. The van der Waals surface area contributed by atoms with Crippen molar-refractivity contribution in [2.45, 2.75) is 6.42 Å². The molecule has 1 N–H and O–H groups in total. The number of rotatable bonds is 4. The Bertz CT molecular complexity index is 276. The lowest BCUT2D eigenvalue weighted by atomic mass is 10.3. The lowest BCUT2D eigenvalue weighted by Gasteiger charge is -2.07. The number of benzene rings is 1. The third kappa shape index (κ3) is 3.67. The molecule has 0 spiro atoms. The molecular formula is C9H10Br2O2. The Labute approximate surface area is 94.2 Å². The molecule has 0 aliphatic rings. The molecule has 0 fully saturated rings. The van der Waals surface area contributed by atoms with Gasteiger partial charge >= 0.3 is 0 Å². The van der Waals surface area contributed by atoms with Crippen molar-refractivity contribution in [3.63, 3.8) is 0 Å². The van der Waals surface area contributed by atoms with Gasteiger partial charge in [-0.1, -0.05) is 15.9 Å². The summed E-state index contributed by atoms with van der Waals surface area (Å²) in [6.07, 6.45) is 0.652. The molecule has 2 nitrogen and oxygen atoms in total. The number of hydrogen-bond acceptors (Lipinski definition) is 2. The molecule has 72 valence electrons. The third-order valence-corrected chi connectivity index (χ3v) is 2.60. The highest BCUT2D eigenvalue weighted by molar-refractivity contribution is 9.11. The fourth-order valence-electron chi connectivity index (χ4n) is 0.834. The van der Waals surface area contributed by atoms with Gasteiger partial charge in [-0.2, -0.15) is 0 Å². The Morgan fingerprint density at radius 1 is 1.31 bits per heavy atom. The van der Waals surface area contributed by atoms with Gasteiger partial charge in [0.1, 0.15) is 5.75 Å². The molecule has 0 bridgehead atoms. The lowest BCUT2D eigenvalue weighted by molar-refractivity contribution is 0.233. The van der Waals surface area contributed by atoms with Crippen molar-refractivity contribution in [3.8, 4) is 5.75 Å². The number of hydrogen-bond donors (Lipinski definition) is 1. The van der Waals surface area contributed by atoms with Crippen molar-refractivity contribution in [1.82, 2.24) is 0 Å². The van der Waals surface area contributed by atoms with E-state index >= 15 is 0 Å². The Morgan fingerprint density at radius 3 is 2.77 bits per heavy atom. The highest BCUT2D eigenvalue weighted by atomic mass is 79.9. The van der Waals surface area contributed by atoms with Crippen LogP contribution in [-0.4, -0.2) is 18.3 Å². The lowest BCUT2D eigenvalue weighted by Crippen LogP contribution is -1.99. The molecular weight excluding hydrogens is 300 g/mol. The van der Waals surface area contributed by atoms with Gasteiger partial charge in [0.15, 0.2) is 0 Å². The zero-order valence-corrected chi connectivity index (χ0v) is 10.1. The van der Waals surface area contributed by atoms with Gasteiger partial charge in [-0.3, -0.25) is 0 Å². The molecule has 0 aliphatic carbocycles. The van der Waals surface area contributed by atoms with Crippen LogP contribution < -0.4 is 4.74 Å². The van der Waals surface area contributed by atoms with Crippen LogP contribution in [0.5, 0.6) is 5.75 Å². The predicted octanol–water partition coefficient (Wildman–Crippen LogP) is 2.97. The van der Waals surface area contributed by atoms with Crippen molar-refractivity contribution < 1.29 is 9.84 Å². The largest absolute Gasteiger partial charge is 0.492 e. The minimum Gasteiger partial charge on any atom is -0.492 e. The molecule has 4 heteroatoms. The van der Waals surface area contributed by atoms with Crippen LogP contribution in [0.4, 0.5) is 0 Å². The second-order valence-electron chi connectivity index (χ2n) is 2.50. The Balaban J connectivity index is 2.59. The van der Waals surface area contributed by atoms with Gasteiger partial charge in [0.2, 0.25) is 0 Å². The summed E-state index contributed by atoms with van der Waals surface area (Å²) in [5.74, 6) is 0.794. The number of halogens is 2. The van der Waals surface area contributed by atoms with Crippen LogP contribution in [0, 0.1) is 0 Å². The summed E-state index contributed by atoms with van der Waals surface area (Å²) in [5, 5.41) is 8.57. The fourth-order valence-corrected chi connectivity index (χ4v) is 1.54. The van der Waals surface area contributed by atoms with Crippen LogP contribution in [-0.2, 0) is 0 Å². The van der Waals surface area contributed by atoms with Gasteiger partial charge in [0.05, 0.1) is 11.1 Å². The molecule has 1 aromatic rings. The van der Waals surface area contributed by atoms with Gasteiger partial charge in [-0.25, -0.2) is 0 Å². The summed E-state index contributed by atoms with van der Waals surface area (Å²) in [7, 11) is 0. The molecule has 1 aromatic carbocycles. The molecule has 0 saturated carbocycles. The topological polar surface area (TPSA) is 29.5 Å². The zero-order chi connectivity index (χ0) is 9.68. The summed E-state index contributed by atoms with van der Waals surface area (Å²) in [4.78, 5) is 0. The van der Waals surface area contributed by atoms with E-state index < -0.39 is 0 Å². The molecule has 0 radical (unpaired) electrons. The van der Waals surface area contributed by atoms with Crippen molar-refractivity contribution >= 4 is 31.9 Å². The van der Waals surface area contributed by atoms with E-state index in [4.69, 9.17) is 9.84 Å². The van der Waals surface area contributed by atoms with Crippen molar-refractivity contribution in [1.29, 1.82) is 0 Å². The van der Waals surface area contributed by atoms with Crippen LogP contribution in [0.25, 0.3) is 0 Å². The second-order valence-corrected chi connectivity index (χ2v) is 4.27. The minimum absolute atomic E-state index is 0.158. The van der Waals surface area contributed by atoms with Crippen LogP contribution in [0.3, 0.4) is 0 Å². The zero-order valence-electron chi connectivity index (χ0n) is 6.96. The van der Waals surface area contributed by atoms with E-state index in [1.165, 1.54) is 0 Å². The fraction of sp³-hybridized carbons (Fsp3) is 0.333. The standard InChI is InChI=1S/C9H10Br2O2/c10-7-2-3-8(11)9(6-7)13-5-1-4-12/h2-3,6,12H,1,4-5H2. The predicted molar refractivity (Wildman–Crippen MR) is 59.0 cm³/mol. The molecule has 0 unspecified atom stereocenters. The summed E-state index contributed by atoms with van der Waals surface area (Å²) in [6.45, 7) is 0.692. The number of aliphatic hydroxyl groups is 1. The number of aliphatic hydroxyl groups excluding tert-OH is 1. The first-order valence-corrected chi connectivity index (χ1v) is 5.51. The van der Waals surface area contributed by atoms with Gasteiger partial charge < -0.3 is 9.84 Å². The number of ether oxygens (including phenoxy) is 1. The Hall–Kier alpha value is -0.0600. The van der Waals surface area contributed by atoms with Crippen LogP contribution in [0.2, 0.25) is 0 Å². The normalized spacial score (nSPS) is 10.1. The van der Waals surface area contributed by atoms with E-state index in [1.807, 2.05) is 18.2 Å². The maximum atomic E-state index is 8.57. The van der Waals surface area contributed by atoms with E-state index in [0.717, 1.165) is 14.7 Å². The first-order valence-electron chi connectivity index (χ1n) is 3.93. The van der Waals surface area contributed by atoms with E-state index in [0.29, 0.717) is 13.0 Å².